The highest BCUT2D eigenvalue weighted by Crippen LogP contribution is 2.39. The van der Waals surface area contributed by atoms with Crippen LogP contribution in [0.15, 0.2) is 17.0 Å². The third-order valence-electron chi connectivity index (χ3n) is 2.00. The van der Waals surface area contributed by atoms with E-state index in [1.807, 2.05) is 0 Å². The van der Waals surface area contributed by atoms with Crippen molar-refractivity contribution >= 4 is 31.7 Å². The van der Waals surface area contributed by atoms with Crippen molar-refractivity contribution in [2.75, 3.05) is 0 Å². The van der Waals surface area contributed by atoms with Crippen LogP contribution in [0, 0.1) is 10.1 Å². The van der Waals surface area contributed by atoms with Crippen LogP contribution in [-0.2, 0) is 15.2 Å². The van der Waals surface area contributed by atoms with E-state index < -0.39 is 41.9 Å². The molecule has 0 aliphatic carbocycles. The first-order chi connectivity index (χ1) is 8.48. The maximum atomic E-state index is 12.7. The average Bonchev–Trinajstić information content (AvgIpc) is 2.24. The van der Waals surface area contributed by atoms with E-state index in [-0.39, 0.29) is 12.4 Å². The third kappa shape index (κ3) is 3.20. The number of carbonyl (C=O) groups excluding carboxylic acids is 1. The van der Waals surface area contributed by atoms with Gasteiger partial charge in [0.1, 0.15) is 4.90 Å². The number of halogens is 4. The predicted octanol–water partition coefficient (Wildman–Crippen LogP) is 2.35. The van der Waals surface area contributed by atoms with Crippen LogP contribution in [0.1, 0.15) is 15.9 Å². The first-order valence-electron chi connectivity index (χ1n) is 4.28. The molecule has 19 heavy (non-hydrogen) atoms. The largest absolute Gasteiger partial charge is 0.418 e. The molecule has 0 aromatic heterocycles. The molecule has 0 spiro atoms. The number of hydrogen-bond donors (Lipinski definition) is 0. The van der Waals surface area contributed by atoms with Gasteiger partial charge in [0, 0.05) is 28.4 Å². The molecule has 0 saturated heterocycles. The lowest BCUT2D eigenvalue weighted by molar-refractivity contribution is -0.385. The molecule has 104 valence electrons. The molecule has 0 heterocycles. The molecule has 0 radical (unpaired) electrons. The van der Waals surface area contributed by atoms with E-state index in [0.717, 1.165) is 0 Å². The average molecular weight is 318 g/mol. The van der Waals surface area contributed by atoms with E-state index in [9.17, 15) is 36.5 Å². The maximum absolute atomic E-state index is 12.7. The van der Waals surface area contributed by atoms with Crippen LogP contribution in [0.2, 0.25) is 0 Å². The molecule has 0 amide bonds. The van der Waals surface area contributed by atoms with Crippen molar-refractivity contribution in [1.82, 2.24) is 0 Å². The van der Waals surface area contributed by atoms with Gasteiger partial charge in [0.15, 0.2) is 6.29 Å². The van der Waals surface area contributed by atoms with Gasteiger partial charge in [-0.2, -0.15) is 13.2 Å². The first-order valence-corrected chi connectivity index (χ1v) is 6.59. The molecule has 0 aliphatic heterocycles. The van der Waals surface area contributed by atoms with Gasteiger partial charge < -0.3 is 0 Å². The Labute approximate surface area is 108 Å². The third-order valence-corrected chi connectivity index (χ3v) is 3.35. The molecule has 0 saturated carbocycles. The topological polar surface area (TPSA) is 94.3 Å². The minimum Gasteiger partial charge on any atom is -0.298 e. The Kier molecular flexibility index (Phi) is 3.87. The van der Waals surface area contributed by atoms with Gasteiger partial charge in [-0.05, 0) is 0 Å². The molecule has 0 unspecified atom stereocenters. The summed E-state index contributed by atoms with van der Waals surface area (Å²) >= 11 is 0. The summed E-state index contributed by atoms with van der Waals surface area (Å²) in [6.07, 6.45) is -5.54. The van der Waals surface area contributed by atoms with Crippen LogP contribution in [0.5, 0.6) is 0 Å². The SMILES string of the molecule is O=Cc1cc([N+](=O)[O-])cc(S(=O)(=O)Cl)c1C(F)(F)F. The zero-order chi connectivity index (χ0) is 15.0. The summed E-state index contributed by atoms with van der Waals surface area (Å²) in [6, 6.07) is 0.472. The van der Waals surface area contributed by atoms with Crippen LogP contribution in [0.25, 0.3) is 0 Å². The fourth-order valence-electron chi connectivity index (χ4n) is 1.32. The molecule has 11 heteroatoms. The van der Waals surface area contributed by atoms with E-state index in [4.69, 9.17) is 10.7 Å². The molecule has 6 nitrogen and oxygen atoms in total. The van der Waals surface area contributed by atoms with E-state index in [1.165, 1.54) is 0 Å². The Morgan fingerprint density at radius 1 is 1.32 bits per heavy atom. The standard InChI is InChI=1S/C8H3ClF3NO5S/c9-19(17,18)6-2-5(13(15)16)1-4(3-14)7(6)8(10,11)12/h1-3H. The summed E-state index contributed by atoms with van der Waals surface area (Å²) in [5.41, 5.74) is -4.00. The highest BCUT2D eigenvalue weighted by Gasteiger charge is 2.40. The van der Waals surface area contributed by atoms with Crippen LogP contribution < -0.4 is 0 Å². The molecular formula is C8H3ClF3NO5S. The Bertz CT molecular complexity index is 655. The van der Waals surface area contributed by atoms with Gasteiger partial charge in [-0.3, -0.25) is 14.9 Å². The van der Waals surface area contributed by atoms with Gasteiger partial charge in [-0.15, -0.1) is 0 Å². The highest BCUT2D eigenvalue weighted by atomic mass is 35.7. The molecule has 1 rings (SSSR count). The Hall–Kier alpha value is -1.68. The summed E-state index contributed by atoms with van der Waals surface area (Å²) < 4.78 is 60.3. The summed E-state index contributed by atoms with van der Waals surface area (Å²) in [4.78, 5) is 18.4. The van der Waals surface area contributed by atoms with Crippen molar-refractivity contribution in [3.63, 3.8) is 0 Å². The number of carbonyl (C=O) groups is 1. The molecular weight excluding hydrogens is 315 g/mol. The predicted molar refractivity (Wildman–Crippen MR) is 56.5 cm³/mol. The normalized spacial score (nSPS) is 12.2. The number of benzene rings is 1. The number of nitrogens with zero attached hydrogens (tertiary/aromatic N) is 1. The fourth-order valence-corrected chi connectivity index (χ4v) is 2.42. The van der Waals surface area contributed by atoms with Gasteiger partial charge in [0.25, 0.3) is 14.7 Å². The van der Waals surface area contributed by atoms with Crippen molar-refractivity contribution in [1.29, 1.82) is 0 Å². The lowest BCUT2D eigenvalue weighted by Crippen LogP contribution is -2.15. The summed E-state index contributed by atoms with van der Waals surface area (Å²) in [5.74, 6) is 0. The molecule has 0 bridgehead atoms. The Balaban J connectivity index is 3.89. The number of nitro benzene ring substituents is 1. The number of rotatable bonds is 3. The van der Waals surface area contributed by atoms with Gasteiger partial charge >= 0.3 is 6.18 Å². The van der Waals surface area contributed by atoms with Crippen LogP contribution in [0.4, 0.5) is 18.9 Å². The molecule has 1 aromatic rings. The zero-order valence-corrected chi connectivity index (χ0v) is 10.2. The summed E-state index contributed by atoms with van der Waals surface area (Å²) in [5, 5.41) is 10.5. The van der Waals surface area contributed by atoms with E-state index in [0.29, 0.717) is 6.07 Å². The number of aldehydes is 1. The number of nitro groups is 1. The molecule has 0 fully saturated rings. The Morgan fingerprint density at radius 3 is 2.16 bits per heavy atom. The highest BCUT2D eigenvalue weighted by molar-refractivity contribution is 8.13. The molecule has 1 aromatic carbocycles. The number of non-ortho nitro benzene ring substituents is 1. The number of hydrogen-bond acceptors (Lipinski definition) is 5. The Morgan fingerprint density at radius 2 is 1.84 bits per heavy atom. The van der Waals surface area contributed by atoms with Gasteiger partial charge in [-0.1, -0.05) is 0 Å². The summed E-state index contributed by atoms with van der Waals surface area (Å²) in [7, 11) is -0.107. The zero-order valence-electron chi connectivity index (χ0n) is 8.64. The molecule has 0 N–H and O–H groups in total. The second-order valence-corrected chi connectivity index (χ2v) is 5.75. The van der Waals surface area contributed by atoms with Crippen molar-refractivity contribution in [2.24, 2.45) is 0 Å². The monoisotopic (exact) mass is 317 g/mol. The van der Waals surface area contributed by atoms with Gasteiger partial charge in [0.05, 0.1) is 10.5 Å². The van der Waals surface area contributed by atoms with Crippen molar-refractivity contribution in [3.8, 4) is 0 Å². The lowest BCUT2D eigenvalue weighted by Gasteiger charge is -2.12. The summed E-state index contributed by atoms with van der Waals surface area (Å²) in [6.45, 7) is 0. The fraction of sp³-hybridized carbons (Fsp3) is 0.125. The van der Waals surface area contributed by atoms with Crippen molar-refractivity contribution in [2.45, 2.75) is 11.1 Å². The maximum Gasteiger partial charge on any atom is 0.418 e. The van der Waals surface area contributed by atoms with E-state index in [2.05, 4.69) is 0 Å². The smallest absolute Gasteiger partial charge is 0.298 e. The van der Waals surface area contributed by atoms with E-state index in [1.54, 1.807) is 0 Å². The van der Waals surface area contributed by atoms with Gasteiger partial charge in [0.2, 0.25) is 0 Å². The van der Waals surface area contributed by atoms with Crippen LogP contribution >= 0.6 is 10.7 Å². The lowest BCUT2D eigenvalue weighted by atomic mass is 10.1. The van der Waals surface area contributed by atoms with Crippen LogP contribution in [0.3, 0.4) is 0 Å². The van der Waals surface area contributed by atoms with E-state index >= 15 is 0 Å². The first kappa shape index (κ1) is 15.4. The van der Waals surface area contributed by atoms with Gasteiger partial charge in [-0.25, -0.2) is 8.42 Å². The molecule has 0 atom stereocenters. The number of alkyl halides is 3. The molecule has 0 aliphatic rings. The minimum absolute atomic E-state index is 0.151. The van der Waals surface area contributed by atoms with Crippen molar-refractivity contribution < 1.29 is 31.3 Å². The second-order valence-electron chi connectivity index (χ2n) is 3.22. The van der Waals surface area contributed by atoms with Crippen LogP contribution in [-0.4, -0.2) is 19.6 Å². The second kappa shape index (κ2) is 4.78. The van der Waals surface area contributed by atoms with Crippen molar-refractivity contribution in [3.05, 3.63) is 33.4 Å². The minimum atomic E-state index is -5.21. The quantitative estimate of drug-likeness (QED) is 0.369.